The monoisotopic (exact) mass is 537 g/mol. The Labute approximate surface area is 223 Å². The number of hydrogen-bond donors (Lipinski definition) is 3. The van der Waals surface area contributed by atoms with Crippen molar-refractivity contribution < 1.29 is 18.3 Å². The largest absolute Gasteiger partial charge is 0.450 e. The van der Waals surface area contributed by atoms with Crippen molar-refractivity contribution >= 4 is 23.2 Å². The SMILES string of the molecule is NC(N)=NCCCN1CCC(n2cc3c(nc2=O)Nc2cc(C(=O)Cc4ccc(F)cc4F)ccc2O3)CC1. The zero-order chi connectivity index (χ0) is 27.5. The van der Waals surface area contributed by atoms with Gasteiger partial charge in [0.1, 0.15) is 11.6 Å². The van der Waals surface area contributed by atoms with Crippen LogP contribution in [0.5, 0.6) is 11.5 Å². The summed E-state index contributed by atoms with van der Waals surface area (Å²) >= 11 is 0. The smallest absolute Gasteiger partial charge is 0.350 e. The van der Waals surface area contributed by atoms with E-state index in [4.69, 9.17) is 16.2 Å². The molecule has 204 valence electrons. The zero-order valence-electron chi connectivity index (χ0n) is 21.2. The summed E-state index contributed by atoms with van der Waals surface area (Å²) in [5.41, 5.74) is 11.2. The average Bonchev–Trinajstić information content (AvgIpc) is 2.91. The number of ether oxygens (including phenoxy) is 1. The maximum absolute atomic E-state index is 14.0. The minimum Gasteiger partial charge on any atom is -0.450 e. The molecule has 5 N–H and O–H groups in total. The van der Waals surface area contributed by atoms with E-state index >= 15 is 0 Å². The molecule has 10 nitrogen and oxygen atoms in total. The highest BCUT2D eigenvalue weighted by molar-refractivity contribution is 5.99. The maximum atomic E-state index is 14.0. The number of piperidine rings is 1. The van der Waals surface area contributed by atoms with Crippen LogP contribution in [0, 0.1) is 11.6 Å². The van der Waals surface area contributed by atoms with Crippen molar-refractivity contribution in [1.29, 1.82) is 0 Å². The van der Waals surface area contributed by atoms with Gasteiger partial charge in [0.25, 0.3) is 0 Å². The Morgan fingerprint density at radius 1 is 1.13 bits per heavy atom. The molecule has 0 unspecified atom stereocenters. The lowest BCUT2D eigenvalue weighted by molar-refractivity contribution is 0.0991. The Bertz CT molecular complexity index is 1480. The number of halogens is 2. The van der Waals surface area contributed by atoms with E-state index in [0.29, 0.717) is 29.3 Å². The summed E-state index contributed by atoms with van der Waals surface area (Å²) in [6.07, 6.45) is 3.91. The van der Waals surface area contributed by atoms with E-state index in [1.54, 1.807) is 29.0 Å². The lowest BCUT2D eigenvalue weighted by atomic mass is 10.0. The second kappa shape index (κ2) is 11.2. The Hall–Kier alpha value is -4.32. The first kappa shape index (κ1) is 26.3. The number of nitrogens with zero attached hydrogens (tertiary/aromatic N) is 4. The minimum atomic E-state index is -0.773. The quantitative estimate of drug-likeness (QED) is 0.135. The van der Waals surface area contributed by atoms with E-state index < -0.39 is 17.3 Å². The van der Waals surface area contributed by atoms with Crippen LogP contribution in [0.4, 0.5) is 20.3 Å². The minimum absolute atomic E-state index is 0.00103. The predicted octanol–water partition coefficient (Wildman–Crippen LogP) is 3.10. The number of guanidine groups is 1. The van der Waals surface area contributed by atoms with Crippen molar-refractivity contribution in [3.8, 4) is 11.5 Å². The molecule has 12 heteroatoms. The molecule has 0 saturated carbocycles. The zero-order valence-corrected chi connectivity index (χ0v) is 21.2. The van der Waals surface area contributed by atoms with Gasteiger partial charge in [0.05, 0.1) is 11.9 Å². The molecule has 3 aromatic rings. The van der Waals surface area contributed by atoms with Crippen LogP contribution >= 0.6 is 0 Å². The number of aromatic nitrogens is 2. The van der Waals surface area contributed by atoms with Crippen LogP contribution in [0.15, 0.2) is 52.4 Å². The number of ketones is 1. The molecule has 1 fully saturated rings. The van der Waals surface area contributed by atoms with Gasteiger partial charge >= 0.3 is 5.69 Å². The molecular formula is C27H29F2N7O3. The van der Waals surface area contributed by atoms with Gasteiger partial charge in [-0.05, 0) is 55.6 Å². The van der Waals surface area contributed by atoms with Crippen LogP contribution in [-0.2, 0) is 6.42 Å². The van der Waals surface area contributed by atoms with Crippen LogP contribution < -0.4 is 27.2 Å². The van der Waals surface area contributed by atoms with Crippen LogP contribution in [0.3, 0.4) is 0 Å². The van der Waals surface area contributed by atoms with Crippen molar-refractivity contribution in [2.75, 3.05) is 31.5 Å². The van der Waals surface area contributed by atoms with Gasteiger partial charge in [-0.2, -0.15) is 4.98 Å². The van der Waals surface area contributed by atoms with E-state index in [9.17, 15) is 18.4 Å². The second-order valence-corrected chi connectivity index (χ2v) is 9.65. The maximum Gasteiger partial charge on any atom is 0.350 e. The van der Waals surface area contributed by atoms with Crippen LogP contribution in [0.1, 0.15) is 41.2 Å². The van der Waals surface area contributed by atoms with E-state index in [2.05, 4.69) is 20.2 Å². The third-order valence-corrected chi connectivity index (χ3v) is 6.94. The summed E-state index contributed by atoms with van der Waals surface area (Å²) in [5.74, 6) is -0.586. The summed E-state index contributed by atoms with van der Waals surface area (Å²) in [5, 5.41) is 3.07. The van der Waals surface area contributed by atoms with Crippen molar-refractivity contribution in [3.63, 3.8) is 0 Å². The van der Waals surface area contributed by atoms with Gasteiger partial charge in [0.15, 0.2) is 29.1 Å². The molecule has 1 saturated heterocycles. The number of anilines is 2. The first-order valence-electron chi connectivity index (χ1n) is 12.7. The molecule has 39 heavy (non-hydrogen) atoms. The first-order valence-corrected chi connectivity index (χ1v) is 12.7. The van der Waals surface area contributed by atoms with Gasteiger partial charge in [-0.15, -0.1) is 0 Å². The second-order valence-electron chi connectivity index (χ2n) is 9.65. The number of fused-ring (bicyclic) bond motifs is 2. The van der Waals surface area contributed by atoms with E-state index in [0.717, 1.165) is 51.0 Å². The fourth-order valence-corrected chi connectivity index (χ4v) is 4.88. The number of carbonyl (C=O) groups is 1. The standard InChI is InChI=1S/C27H29F2N7O3/c28-18-4-2-16(20(29)14-18)13-22(37)17-3-5-23-21(12-17)33-25-24(39-23)15-36(27(38)34-25)19-6-10-35(11-7-19)9-1-8-32-26(30)31/h2-5,12,14-15,19H,1,6-11,13H2,(H4,30,31,32)(H,33,34,38). The number of nitrogens with one attached hydrogen (secondary N) is 1. The first-order chi connectivity index (χ1) is 18.8. The molecule has 0 spiro atoms. The lowest BCUT2D eigenvalue weighted by Gasteiger charge is -2.33. The number of likely N-dealkylation sites (tertiary alicyclic amines) is 1. The highest BCUT2D eigenvalue weighted by Crippen LogP contribution is 2.41. The van der Waals surface area contributed by atoms with Crippen molar-refractivity contribution in [2.45, 2.75) is 31.7 Å². The van der Waals surface area contributed by atoms with E-state index in [1.807, 2.05) is 0 Å². The van der Waals surface area contributed by atoms with E-state index in [1.165, 1.54) is 6.07 Å². The molecule has 1 aromatic heterocycles. The summed E-state index contributed by atoms with van der Waals surface area (Å²) in [7, 11) is 0. The highest BCUT2D eigenvalue weighted by Gasteiger charge is 2.26. The fourth-order valence-electron chi connectivity index (χ4n) is 4.88. The van der Waals surface area contributed by atoms with E-state index in [-0.39, 0.29) is 35.6 Å². The van der Waals surface area contributed by atoms with Gasteiger partial charge in [0, 0.05) is 43.7 Å². The number of rotatable bonds is 8. The number of carbonyl (C=O) groups excluding carboxylic acids is 1. The van der Waals surface area contributed by atoms with Gasteiger partial charge in [0.2, 0.25) is 0 Å². The number of hydrogen-bond acceptors (Lipinski definition) is 7. The molecule has 2 aliphatic heterocycles. The summed E-state index contributed by atoms with van der Waals surface area (Å²) < 4.78 is 34.8. The summed E-state index contributed by atoms with van der Waals surface area (Å²) in [6, 6.07) is 7.91. The van der Waals surface area contributed by atoms with Crippen LogP contribution in [0.25, 0.3) is 0 Å². The molecule has 0 aliphatic carbocycles. The number of Topliss-reactive ketones (excluding diaryl/α,β-unsaturated/α-hetero) is 1. The van der Waals surface area contributed by atoms with Gasteiger partial charge in [-0.25, -0.2) is 13.6 Å². The summed E-state index contributed by atoms with van der Waals surface area (Å²) in [6.45, 7) is 3.16. The Morgan fingerprint density at radius 3 is 2.67 bits per heavy atom. The molecule has 2 aromatic carbocycles. The van der Waals surface area contributed by atoms with Gasteiger partial charge < -0.3 is 26.4 Å². The highest BCUT2D eigenvalue weighted by atomic mass is 19.1. The van der Waals surface area contributed by atoms with Crippen LogP contribution in [0.2, 0.25) is 0 Å². The number of aliphatic imine (C=N–C) groups is 1. The molecule has 5 rings (SSSR count). The third kappa shape index (κ3) is 6.06. The molecular weight excluding hydrogens is 508 g/mol. The number of benzene rings is 2. The third-order valence-electron chi connectivity index (χ3n) is 6.94. The van der Waals surface area contributed by atoms with Gasteiger partial charge in [-0.3, -0.25) is 14.4 Å². The Morgan fingerprint density at radius 2 is 1.92 bits per heavy atom. The topological polar surface area (TPSA) is 141 Å². The Kier molecular flexibility index (Phi) is 7.55. The predicted molar refractivity (Wildman–Crippen MR) is 143 cm³/mol. The Balaban J connectivity index is 1.24. The van der Waals surface area contributed by atoms with Crippen molar-refractivity contribution in [1.82, 2.24) is 14.5 Å². The normalized spacial score (nSPS) is 15.0. The molecule has 3 heterocycles. The van der Waals surface area contributed by atoms with Crippen LogP contribution in [-0.4, -0.2) is 52.4 Å². The lowest BCUT2D eigenvalue weighted by Crippen LogP contribution is -2.38. The van der Waals surface area contributed by atoms with Gasteiger partial charge in [-0.1, -0.05) is 6.07 Å². The molecule has 2 aliphatic rings. The van der Waals surface area contributed by atoms with Crippen molar-refractivity contribution in [3.05, 3.63) is 75.8 Å². The molecule has 0 radical (unpaired) electrons. The van der Waals surface area contributed by atoms with Crippen molar-refractivity contribution in [2.24, 2.45) is 16.5 Å². The summed E-state index contributed by atoms with van der Waals surface area (Å²) in [4.78, 5) is 36.2. The molecule has 0 bridgehead atoms. The molecule has 0 atom stereocenters. The average molecular weight is 538 g/mol. The molecule has 0 amide bonds. The fraction of sp³-hybridized carbons (Fsp3) is 0.333. The number of nitrogens with two attached hydrogens (primary N) is 2.